The lowest BCUT2D eigenvalue weighted by Crippen LogP contribution is -2.44. The van der Waals surface area contributed by atoms with E-state index in [1.54, 1.807) is 24.3 Å². The number of aromatic amines is 1. The molecule has 0 fully saturated rings. The van der Waals surface area contributed by atoms with Gasteiger partial charge in [0.15, 0.2) is 11.6 Å². The van der Waals surface area contributed by atoms with Crippen LogP contribution < -0.4 is 20.2 Å². The van der Waals surface area contributed by atoms with Crippen LogP contribution in [0.25, 0.3) is 5.69 Å². The summed E-state index contributed by atoms with van der Waals surface area (Å²) in [6, 6.07) is 9.10. The summed E-state index contributed by atoms with van der Waals surface area (Å²) in [7, 11) is 1.50. The summed E-state index contributed by atoms with van der Waals surface area (Å²) in [5.74, 6) is -2.62. The minimum atomic E-state index is -1.15. The van der Waals surface area contributed by atoms with E-state index >= 15 is 0 Å². The van der Waals surface area contributed by atoms with Crippen LogP contribution in [0, 0.1) is 11.6 Å². The van der Waals surface area contributed by atoms with Gasteiger partial charge in [-0.2, -0.15) is 0 Å². The predicted octanol–water partition coefficient (Wildman–Crippen LogP) is 0.970. The summed E-state index contributed by atoms with van der Waals surface area (Å²) in [6.45, 7) is 0. The molecule has 0 saturated heterocycles. The average Bonchev–Trinajstić information content (AvgIpc) is 3.00. The zero-order chi connectivity index (χ0) is 18.0. The molecule has 3 aromatic rings. The summed E-state index contributed by atoms with van der Waals surface area (Å²) in [5.41, 5.74) is -1.09. The van der Waals surface area contributed by atoms with Gasteiger partial charge in [0.05, 0.1) is 18.7 Å². The van der Waals surface area contributed by atoms with E-state index in [4.69, 9.17) is 4.74 Å². The van der Waals surface area contributed by atoms with Gasteiger partial charge in [-0.25, -0.2) is 13.6 Å². The van der Waals surface area contributed by atoms with Gasteiger partial charge in [-0.15, -0.1) is 0 Å². The fraction of sp³-hybridized carbons (Fsp3) is 0.0625. The fourth-order valence-corrected chi connectivity index (χ4v) is 2.09. The van der Waals surface area contributed by atoms with Gasteiger partial charge < -0.3 is 9.84 Å². The zero-order valence-electron chi connectivity index (χ0n) is 12.8. The highest BCUT2D eigenvalue weighted by molar-refractivity contribution is 5.88. The van der Waals surface area contributed by atoms with Crippen molar-refractivity contribution in [2.45, 2.75) is 0 Å². The number of hydrogen-bond acceptors (Lipinski definition) is 5. The summed E-state index contributed by atoms with van der Waals surface area (Å²) < 4.78 is 36.9. The van der Waals surface area contributed by atoms with E-state index in [0.717, 1.165) is 22.9 Å². The molecule has 0 spiro atoms. The molecule has 0 unspecified atom stereocenters. The number of aliphatic imine (C=N–C) groups is 1. The first kappa shape index (κ1) is 16.4. The van der Waals surface area contributed by atoms with E-state index in [0.29, 0.717) is 11.4 Å². The normalized spacial score (nSPS) is 11.6. The standard InChI is InChI=1S/C16H11F2N3O4/c1-24-11-5-3-10(4-6-11)21-14(16(23)25-20-21)15(22)19-9-2-7-12(17)13(18)8-9/h2-8H,1H3,(H-,19,20,22,23). The smallest absolute Gasteiger partial charge is 0.436 e. The van der Waals surface area contributed by atoms with Crippen LogP contribution in [0.5, 0.6) is 5.75 Å². The molecule has 1 heterocycles. The van der Waals surface area contributed by atoms with Crippen molar-refractivity contribution in [3.63, 3.8) is 0 Å². The van der Waals surface area contributed by atoms with Gasteiger partial charge in [0.25, 0.3) is 0 Å². The monoisotopic (exact) mass is 347 g/mol. The highest BCUT2D eigenvalue weighted by Gasteiger charge is 2.24. The number of rotatable bonds is 4. The molecule has 3 rings (SSSR count). The second-order valence-corrected chi connectivity index (χ2v) is 4.88. The first-order valence-electron chi connectivity index (χ1n) is 6.98. The molecule has 7 nitrogen and oxygen atoms in total. The number of nitrogens with one attached hydrogen (secondary N) is 1. The average molecular weight is 347 g/mol. The van der Waals surface area contributed by atoms with E-state index in [1.807, 2.05) is 0 Å². The molecule has 0 radical (unpaired) electrons. The van der Waals surface area contributed by atoms with Crippen LogP contribution in [0.3, 0.4) is 0 Å². The molecule has 0 aliphatic carbocycles. The van der Waals surface area contributed by atoms with Gasteiger partial charge in [-0.3, -0.25) is 9.52 Å². The molecule has 0 atom stereocenters. The van der Waals surface area contributed by atoms with E-state index in [9.17, 15) is 18.7 Å². The topological polar surface area (TPSA) is 94.5 Å². The Morgan fingerprint density at radius 2 is 1.92 bits per heavy atom. The molecule has 1 aromatic heterocycles. The Labute approximate surface area is 139 Å². The summed E-state index contributed by atoms with van der Waals surface area (Å²) in [4.78, 5) is 15.4. The first-order chi connectivity index (χ1) is 12.0. The van der Waals surface area contributed by atoms with Crippen LogP contribution in [0.2, 0.25) is 0 Å². The SMILES string of the molecule is COc1ccc(-[n+]2[nH]oc(=O)c2C([O-])=Nc2ccc(F)c(F)c2)cc1. The van der Waals surface area contributed by atoms with E-state index in [-0.39, 0.29) is 5.69 Å². The number of halogens is 2. The highest BCUT2D eigenvalue weighted by atomic mass is 19.2. The van der Waals surface area contributed by atoms with Crippen molar-refractivity contribution in [1.29, 1.82) is 0 Å². The molecular formula is C16H11F2N3O4. The van der Waals surface area contributed by atoms with Crippen molar-refractivity contribution in [2.75, 3.05) is 7.11 Å². The number of H-pyrrole nitrogens is 1. The molecule has 0 saturated carbocycles. The molecular weight excluding hydrogens is 336 g/mol. The Hall–Kier alpha value is -3.49. The minimum Gasteiger partial charge on any atom is -0.854 e. The first-order valence-corrected chi connectivity index (χ1v) is 6.98. The Morgan fingerprint density at radius 3 is 2.56 bits per heavy atom. The maximum atomic E-state index is 13.2. The van der Waals surface area contributed by atoms with Gasteiger partial charge in [0, 0.05) is 18.2 Å². The van der Waals surface area contributed by atoms with Crippen molar-refractivity contribution in [3.8, 4) is 11.4 Å². The third-order valence-electron chi connectivity index (χ3n) is 3.31. The number of benzene rings is 2. The Morgan fingerprint density at radius 1 is 1.20 bits per heavy atom. The molecule has 9 heteroatoms. The molecule has 0 bridgehead atoms. The third-order valence-corrected chi connectivity index (χ3v) is 3.31. The Kier molecular flexibility index (Phi) is 4.29. The number of aromatic nitrogens is 2. The number of nitrogens with zero attached hydrogens (tertiary/aromatic N) is 2. The summed E-state index contributed by atoms with van der Waals surface area (Å²) in [6.07, 6.45) is 0. The van der Waals surface area contributed by atoms with Gasteiger partial charge in [-0.05, 0) is 34.2 Å². The highest BCUT2D eigenvalue weighted by Crippen LogP contribution is 2.16. The lowest BCUT2D eigenvalue weighted by molar-refractivity contribution is -0.673. The summed E-state index contributed by atoms with van der Waals surface area (Å²) >= 11 is 0. The van der Waals surface area contributed by atoms with Gasteiger partial charge in [0.2, 0.25) is 5.69 Å². The molecule has 128 valence electrons. The fourth-order valence-electron chi connectivity index (χ4n) is 2.09. The second-order valence-electron chi connectivity index (χ2n) is 4.88. The van der Waals surface area contributed by atoms with Crippen molar-refractivity contribution in [1.82, 2.24) is 5.27 Å². The van der Waals surface area contributed by atoms with Crippen LogP contribution in [0.15, 0.2) is 56.8 Å². The third kappa shape index (κ3) is 3.25. The van der Waals surface area contributed by atoms with Crippen molar-refractivity contribution < 1.29 is 27.8 Å². The molecule has 0 aliphatic rings. The largest absolute Gasteiger partial charge is 0.854 e. The summed E-state index contributed by atoms with van der Waals surface area (Å²) in [5, 5.41) is 14.6. The van der Waals surface area contributed by atoms with Crippen LogP contribution in [-0.4, -0.2) is 18.3 Å². The van der Waals surface area contributed by atoms with E-state index < -0.39 is 28.9 Å². The van der Waals surface area contributed by atoms with Gasteiger partial charge >= 0.3 is 11.3 Å². The van der Waals surface area contributed by atoms with Crippen LogP contribution in [0.4, 0.5) is 14.5 Å². The molecule has 2 aromatic carbocycles. The predicted molar refractivity (Wildman–Crippen MR) is 80.0 cm³/mol. The van der Waals surface area contributed by atoms with Crippen molar-refractivity contribution in [2.24, 2.45) is 4.99 Å². The van der Waals surface area contributed by atoms with Crippen molar-refractivity contribution in [3.05, 3.63) is 70.2 Å². The Bertz CT molecular complexity index is 993. The van der Waals surface area contributed by atoms with Gasteiger partial charge in [0.1, 0.15) is 5.75 Å². The van der Waals surface area contributed by atoms with Crippen LogP contribution in [-0.2, 0) is 0 Å². The minimum absolute atomic E-state index is 0.134. The lowest BCUT2D eigenvalue weighted by Gasteiger charge is -2.05. The number of hydrogen-bond donors (Lipinski definition) is 1. The second kappa shape index (κ2) is 6.56. The van der Waals surface area contributed by atoms with Crippen molar-refractivity contribution >= 4 is 11.6 Å². The van der Waals surface area contributed by atoms with E-state index in [1.165, 1.54) is 7.11 Å². The van der Waals surface area contributed by atoms with Crippen LogP contribution >= 0.6 is 0 Å². The quantitative estimate of drug-likeness (QED) is 0.432. The zero-order valence-corrected chi connectivity index (χ0v) is 12.8. The Balaban J connectivity index is 2.04. The lowest BCUT2D eigenvalue weighted by atomic mass is 10.3. The number of methoxy groups -OCH3 is 1. The molecule has 1 N–H and O–H groups in total. The maximum absolute atomic E-state index is 13.2. The van der Waals surface area contributed by atoms with E-state index in [2.05, 4.69) is 14.8 Å². The maximum Gasteiger partial charge on any atom is 0.436 e. The number of ether oxygens (including phenoxy) is 1. The molecule has 0 aliphatic heterocycles. The molecule has 25 heavy (non-hydrogen) atoms. The molecule has 0 amide bonds. The van der Waals surface area contributed by atoms with Crippen LogP contribution in [0.1, 0.15) is 5.69 Å². The van der Waals surface area contributed by atoms with Gasteiger partial charge in [-0.1, -0.05) is 0 Å².